The van der Waals surface area contributed by atoms with Crippen molar-refractivity contribution in [2.24, 2.45) is 5.92 Å². The van der Waals surface area contributed by atoms with Gasteiger partial charge in [0.05, 0.1) is 13.1 Å². The summed E-state index contributed by atoms with van der Waals surface area (Å²) in [6.45, 7) is 3.15. The van der Waals surface area contributed by atoms with Crippen LogP contribution in [0, 0.1) is 5.92 Å². The summed E-state index contributed by atoms with van der Waals surface area (Å²) in [5, 5.41) is 6.98. The Labute approximate surface area is 111 Å². The molecular formula is C13H18N4O2. The molecule has 1 aliphatic heterocycles. The van der Waals surface area contributed by atoms with Gasteiger partial charge in [0.15, 0.2) is 0 Å². The first-order chi connectivity index (χ1) is 9.09. The van der Waals surface area contributed by atoms with E-state index in [9.17, 15) is 9.59 Å². The highest BCUT2D eigenvalue weighted by atomic mass is 16.2. The second kappa shape index (κ2) is 4.36. The lowest BCUT2D eigenvalue weighted by molar-refractivity contribution is -0.150. The molecule has 2 aliphatic rings. The third kappa shape index (κ3) is 2.22. The minimum Gasteiger partial charge on any atom is -0.340 e. The van der Waals surface area contributed by atoms with Gasteiger partial charge in [-0.05, 0) is 31.7 Å². The molecule has 0 radical (unpaired) electrons. The number of carbonyl (C=O) groups excluding carboxylic acids is 2. The lowest BCUT2D eigenvalue weighted by atomic mass is 9.91. The monoisotopic (exact) mass is 262 g/mol. The van der Waals surface area contributed by atoms with Gasteiger partial charge in [-0.2, -0.15) is 5.10 Å². The van der Waals surface area contributed by atoms with E-state index >= 15 is 0 Å². The summed E-state index contributed by atoms with van der Waals surface area (Å²) in [5.41, 5.74) is -0.695. The fourth-order valence-corrected chi connectivity index (χ4v) is 2.73. The molecule has 102 valence electrons. The van der Waals surface area contributed by atoms with Crippen molar-refractivity contribution in [3.05, 3.63) is 18.5 Å². The highest BCUT2D eigenvalue weighted by molar-refractivity contribution is 5.98. The zero-order chi connectivity index (χ0) is 13.5. The Morgan fingerprint density at radius 2 is 2.21 bits per heavy atom. The second-order valence-corrected chi connectivity index (χ2v) is 5.52. The van der Waals surface area contributed by atoms with Crippen molar-refractivity contribution in [1.82, 2.24) is 20.0 Å². The molecule has 6 nitrogen and oxygen atoms in total. The van der Waals surface area contributed by atoms with Gasteiger partial charge >= 0.3 is 0 Å². The number of nitrogens with one attached hydrogen (secondary N) is 1. The van der Waals surface area contributed by atoms with Crippen LogP contribution in [0.1, 0.15) is 19.8 Å². The van der Waals surface area contributed by atoms with Gasteiger partial charge in [-0.3, -0.25) is 14.3 Å². The van der Waals surface area contributed by atoms with E-state index in [4.69, 9.17) is 0 Å². The van der Waals surface area contributed by atoms with Crippen LogP contribution in [0.3, 0.4) is 0 Å². The van der Waals surface area contributed by atoms with Crippen LogP contribution in [0.4, 0.5) is 0 Å². The Balaban J connectivity index is 1.69. The van der Waals surface area contributed by atoms with Gasteiger partial charge in [0.1, 0.15) is 5.54 Å². The SMILES string of the molecule is CC1(C2CC2)NC(=O)CN(CCn2cccn2)C1=O. The van der Waals surface area contributed by atoms with Crippen molar-refractivity contribution in [2.75, 3.05) is 13.1 Å². The molecule has 1 unspecified atom stereocenters. The lowest BCUT2D eigenvalue weighted by Crippen LogP contribution is -2.66. The average Bonchev–Trinajstić information content (AvgIpc) is 3.11. The molecular weight excluding hydrogens is 244 g/mol. The summed E-state index contributed by atoms with van der Waals surface area (Å²) in [4.78, 5) is 26.0. The van der Waals surface area contributed by atoms with E-state index in [1.807, 2.05) is 19.2 Å². The molecule has 0 bridgehead atoms. The number of hydrogen-bond acceptors (Lipinski definition) is 3. The van der Waals surface area contributed by atoms with Crippen LogP contribution in [-0.2, 0) is 16.1 Å². The number of hydrogen-bond donors (Lipinski definition) is 1. The molecule has 0 aromatic carbocycles. The molecule has 1 saturated heterocycles. The Morgan fingerprint density at radius 3 is 2.84 bits per heavy atom. The maximum Gasteiger partial charge on any atom is 0.248 e. The predicted molar refractivity (Wildman–Crippen MR) is 68.1 cm³/mol. The standard InChI is InChI=1S/C13H18N4O2/c1-13(10-3-4-10)12(19)16(9-11(18)15-13)7-8-17-6-2-5-14-17/h2,5-6,10H,3-4,7-9H2,1H3,(H,15,18). The fourth-order valence-electron chi connectivity index (χ4n) is 2.73. The van der Waals surface area contributed by atoms with Gasteiger partial charge in [0, 0.05) is 18.9 Å². The largest absolute Gasteiger partial charge is 0.340 e. The van der Waals surface area contributed by atoms with Crippen molar-refractivity contribution >= 4 is 11.8 Å². The minimum absolute atomic E-state index is 0.0433. The summed E-state index contributed by atoms with van der Waals surface area (Å²) in [6.07, 6.45) is 5.61. The molecule has 1 aromatic heterocycles. The topological polar surface area (TPSA) is 67.2 Å². The number of nitrogens with zero attached hydrogens (tertiary/aromatic N) is 3. The van der Waals surface area contributed by atoms with E-state index in [0.29, 0.717) is 19.0 Å². The summed E-state index contributed by atoms with van der Waals surface area (Å²) in [5.74, 6) is 0.285. The van der Waals surface area contributed by atoms with Crippen LogP contribution in [0.2, 0.25) is 0 Å². The average molecular weight is 262 g/mol. The molecule has 1 aliphatic carbocycles. The Kier molecular flexibility index (Phi) is 2.80. The van der Waals surface area contributed by atoms with Crippen molar-refractivity contribution in [2.45, 2.75) is 31.8 Å². The normalized spacial score (nSPS) is 27.5. The summed E-state index contributed by atoms with van der Waals surface area (Å²) < 4.78 is 1.77. The smallest absolute Gasteiger partial charge is 0.248 e. The number of carbonyl (C=O) groups is 2. The molecule has 19 heavy (non-hydrogen) atoms. The summed E-state index contributed by atoms with van der Waals surface area (Å²) in [7, 11) is 0. The van der Waals surface area contributed by atoms with E-state index in [0.717, 1.165) is 12.8 Å². The van der Waals surface area contributed by atoms with Crippen molar-refractivity contribution in [3.63, 3.8) is 0 Å². The van der Waals surface area contributed by atoms with E-state index in [-0.39, 0.29) is 18.4 Å². The van der Waals surface area contributed by atoms with E-state index < -0.39 is 5.54 Å². The highest BCUT2D eigenvalue weighted by Gasteiger charge is 2.52. The van der Waals surface area contributed by atoms with E-state index in [2.05, 4.69) is 10.4 Å². The first kappa shape index (κ1) is 12.2. The van der Waals surface area contributed by atoms with E-state index in [1.165, 1.54) is 0 Å². The van der Waals surface area contributed by atoms with Gasteiger partial charge in [0.25, 0.3) is 0 Å². The first-order valence-electron chi connectivity index (χ1n) is 6.67. The lowest BCUT2D eigenvalue weighted by Gasteiger charge is -2.40. The number of rotatable bonds is 4. The van der Waals surface area contributed by atoms with Crippen LogP contribution >= 0.6 is 0 Å². The number of amides is 2. The molecule has 1 saturated carbocycles. The Bertz CT molecular complexity index is 495. The van der Waals surface area contributed by atoms with Crippen LogP contribution in [-0.4, -0.2) is 45.1 Å². The van der Waals surface area contributed by atoms with E-state index in [1.54, 1.807) is 15.8 Å². The molecule has 2 heterocycles. The molecule has 2 fully saturated rings. The highest BCUT2D eigenvalue weighted by Crippen LogP contribution is 2.41. The minimum atomic E-state index is -0.695. The maximum atomic E-state index is 12.5. The first-order valence-corrected chi connectivity index (χ1v) is 6.67. The predicted octanol–water partition coefficient (Wildman–Crippen LogP) is 0.0102. The van der Waals surface area contributed by atoms with Crippen LogP contribution in [0.5, 0.6) is 0 Å². The third-order valence-corrected chi connectivity index (χ3v) is 4.02. The molecule has 2 amide bonds. The van der Waals surface area contributed by atoms with Gasteiger partial charge in [-0.15, -0.1) is 0 Å². The molecule has 0 spiro atoms. The quantitative estimate of drug-likeness (QED) is 0.831. The van der Waals surface area contributed by atoms with Crippen LogP contribution in [0.25, 0.3) is 0 Å². The van der Waals surface area contributed by atoms with Gasteiger partial charge in [-0.25, -0.2) is 0 Å². The maximum absolute atomic E-state index is 12.5. The molecule has 1 atom stereocenters. The van der Waals surface area contributed by atoms with Gasteiger partial charge in [0.2, 0.25) is 11.8 Å². The number of piperazine rings is 1. The number of aromatic nitrogens is 2. The third-order valence-electron chi connectivity index (χ3n) is 4.02. The zero-order valence-electron chi connectivity index (χ0n) is 11.0. The van der Waals surface area contributed by atoms with Crippen molar-refractivity contribution in [3.8, 4) is 0 Å². The Hall–Kier alpha value is -1.85. The summed E-state index contributed by atoms with van der Waals surface area (Å²) >= 11 is 0. The van der Waals surface area contributed by atoms with Crippen molar-refractivity contribution < 1.29 is 9.59 Å². The van der Waals surface area contributed by atoms with Crippen LogP contribution < -0.4 is 5.32 Å². The second-order valence-electron chi connectivity index (χ2n) is 5.52. The fraction of sp³-hybridized carbons (Fsp3) is 0.615. The van der Waals surface area contributed by atoms with Gasteiger partial charge < -0.3 is 10.2 Å². The molecule has 3 rings (SSSR count). The molecule has 1 N–H and O–H groups in total. The van der Waals surface area contributed by atoms with Crippen molar-refractivity contribution in [1.29, 1.82) is 0 Å². The molecule has 1 aromatic rings. The zero-order valence-corrected chi connectivity index (χ0v) is 11.0. The Morgan fingerprint density at radius 1 is 1.42 bits per heavy atom. The van der Waals surface area contributed by atoms with Crippen LogP contribution in [0.15, 0.2) is 18.5 Å². The summed E-state index contributed by atoms with van der Waals surface area (Å²) in [6, 6.07) is 1.85. The molecule has 6 heteroatoms. The van der Waals surface area contributed by atoms with Gasteiger partial charge in [-0.1, -0.05) is 0 Å².